The molecule has 0 amide bonds. The summed E-state index contributed by atoms with van der Waals surface area (Å²) in [6.07, 6.45) is 0. The highest BCUT2D eigenvalue weighted by atomic mass is 127. The minimum absolute atomic E-state index is 0.267. The van der Waals surface area contributed by atoms with Crippen LogP contribution in [0.5, 0.6) is 17.2 Å². The molecule has 0 radical (unpaired) electrons. The maximum atomic E-state index is 9.82. The van der Waals surface area contributed by atoms with Crippen molar-refractivity contribution in [2.45, 2.75) is 24.2 Å². The van der Waals surface area contributed by atoms with Crippen molar-refractivity contribution in [3.05, 3.63) is 53.6 Å². The second-order valence-corrected chi connectivity index (χ2v) is 5.48. The third kappa shape index (κ3) is 3.41. The fraction of sp³-hybridized carbons (Fsp3) is 0.250. The highest BCUT2D eigenvalue weighted by molar-refractivity contribution is 14.1. The second kappa shape index (κ2) is 6.28. The van der Waals surface area contributed by atoms with Gasteiger partial charge in [0.2, 0.25) is 0 Å². The first-order valence-electron chi connectivity index (χ1n) is 6.26. The largest absolute Gasteiger partial charge is 0.508 e. The average Bonchev–Trinajstić information content (AvgIpc) is 2.41. The van der Waals surface area contributed by atoms with Crippen molar-refractivity contribution in [1.82, 2.24) is 0 Å². The van der Waals surface area contributed by atoms with Crippen molar-refractivity contribution < 1.29 is 9.84 Å². The van der Waals surface area contributed by atoms with Crippen molar-refractivity contribution in [2.24, 2.45) is 0 Å². The molecule has 19 heavy (non-hydrogen) atoms. The zero-order chi connectivity index (χ0) is 13.8. The summed E-state index contributed by atoms with van der Waals surface area (Å²) in [5.74, 6) is 2.23. The minimum atomic E-state index is 0.267. The molecule has 3 heteroatoms. The molecular formula is C16H17IO2. The van der Waals surface area contributed by atoms with E-state index in [0.29, 0.717) is 5.75 Å². The molecule has 0 fully saturated rings. The fourth-order valence-corrected chi connectivity index (χ4v) is 2.53. The molecule has 0 atom stereocenters. The summed E-state index contributed by atoms with van der Waals surface area (Å²) in [4.78, 5) is 0. The van der Waals surface area contributed by atoms with Crippen LogP contribution in [-0.4, -0.2) is 5.11 Å². The van der Waals surface area contributed by atoms with E-state index < -0.39 is 0 Å². The molecule has 1 N–H and O–H groups in total. The number of alkyl halides is 1. The molecule has 2 rings (SSSR count). The molecule has 0 aromatic heterocycles. The molecule has 0 bridgehead atoms. The Kier molecular flexibility index (Phi) is 4.69. The van der Waals surface area contributed by atoms with Gasteiger partial charge < -0.3 is 9.84 Å². The summed E-state index contributed by atoms with van der Waals surface area (Å²) in [5, 5.41) is 9.82. The quantitative estimate of drug-likeness (QED) is 0.591. The van der Waals surface area contributed by atoms with Gasteiger partial charge in [0, 0.05) is 15.6 Å². The lowest BCUT2D eigenvalue weighted by Crippen LogP contribution is -1.92. The van der Waals surface area contributed by atoms with Gasteiger partial charge in [-0.1, -0.05) is 54.6 Å². The van der Waals surface area contributed by atoms with Crippen molar-refractivity contribution in [3.63, 3.8) is 0 Å². The molecule has 0 spiro atoms. The van der Waals surface area contributed by atoms with Crippen LogP contribution >= 0.6 is 22.6 Å². The van der Waals surface area contributed by atoms with Crippen LogP contribution in [0.4, 0.5) is 0 Å². The molecule has 0 heterocycles. The first-order chi connectivity index (χ1) is 9.11. The average molecular weight is 368 g/mol. The van der Waals surface area contributed by atoms with E-state index in [2.05, 4.69) is 42.5 Å². The number of benzene rings is 2. The predicted octanol–water partition coefficient (Wildman–Crippen LogP) is 5.24. The number of hydrogen-bond acceptors (Lipinski definition) is 2. The third-order valence-corrected chi connectivity index (χ3v) is 3.79. The van der Waals surface area contributed by atoms with Crippen LogP contribution < -0.4 is 4.74 Å². The Morgan fingerprint density at radius 3 is 2.58 bits per heavy atom. The van der Waals surface area contributed by atoms with E-state index >= 15 is 0 Å². The van der Waals surface area contributed by atoms with Gasteiger partial charge in [0.1, 0.15) is 17.2 Å². The predicted molar refractivity (Wildman–Crippen MR) is 86.4 cm³/mol. The molecule has 2 aromatic rings. The number of rotatable bonds is 4. The molecule has 0 aliphatic rings. The van der Waals surface area contributed by atoms with E-state index in [0.717, 1.165) is 21.5 Å². The molecule has 2 nitrogen and oxygen atoms in total. The molecular weight excluding hydrogens is 351 g/mol. The van der Waals surface area contributed by atoms with Crippen LogP contribution in [0.15, 0.2) is 42.5 Å². The van der Waals surface area contributed by atoms with E-state index in [-0.39, 0.29) is 5.92 Å². The van der Waals surface area contributed by atoms with Crippen LogP contribution in [-0.2, 0) is 4.43 Å². The number of ether oxygens (including phenoxy) is 1. The Balaban J connectivity index is 2.31. The van der Waals surface area contributed by atoms with Crippen molar-refractivity contribution >= 4 is 22.6 Å². The summed E-state index contributed by atoms with van der Waals surface area (Å²) < 4.78 is 6.84. The number of aromatic hydroxyl groups is 1. The maximum absolute atomic E-state index is 9.82. The van der Waals surface area contributed by atoms with Gasteiger partial charge in [-0.3, -0.25) is 0 Å². The summed E-state index contributed by atoms with van der Waals surface area (Å²) in [5.41, 5.74) is 2.08. The summed E-state index contributed by atoms with van der Waals surface area (Å²) in [6.45, 7) is 4.11. The first-order valence-corrected chi connectivity index (χ1v) is 7.79. The fourth-order valence-electron chi connectivity index (χ4n) is 1.90. The molecule has 100 valence electrons. The van der Waals surface area contributed by atoms with Gasteiger partial charge in [0.15, 0.2) is 0 Å². The van der Waals surface area contributed by atoms with Crippen LogP contribution in [0.3, 0.4) is 0 Å². The van der Waals surface area contributed by atoms with Gasteiger partial charge in [-0.25, -0.2) is 0 Å². The molecule has 0 saturated heterocycles. The number of phenols is 1. The third-order valence-electron chi connectivity index (χ3n) is 2.97. The summed E-state index contributed by atoms with van der Waals surface area (Å²) >= 11 is 2.32. The van der Waals surface area contributed by atoms with Crippen molar-refractivity contribution in [2.75, 3.05) is 0 Å². The summed E-state index contributed by atoms with van der Waals surface area (Å²) in [6, 6.07) is 13.4. The zero-order valence-corrected chi connectivity index (χ0v) is 13.2. The van der Waals surface area contributed by atoms with E-state index in [4.69, 9.17) is 4.74 Å². The van der Waals surface area contributed by atoms with E-state index in [1.807, 2.05) is 24.3 Å². The Morgan fingerprint density at radius 1 is 1.16 bits per heavy atom. The Hall–Kier alpha value is -1.23. The lowest BCUT2D eigenvalue weighted by atomic mass is 10.0. The smallest absolute Gasteiger partial charge is 0.131 e. The normalized spacial score (nSPS) is 10.7. The van der Waals surface area contributed by atoms with E-state index in [1.54, 1.807) is 12.1 Å². The highest BCUT2D eigenvalue weighted by Gasteiger charge is 2.09. The molecule has 2 aromatic carbocycles. The Morgan fingerprint density at radius 2 is 1.89 bits per heavy atom. The second-order valence-electron chi connectivity index (χ2n) is 4.72. The number of phenolic OH excluding ortho intramolecular Hbond substituents is 1. The van der Waals surface area contributed by atoms with Crippen LogP contribution in [0, 0.1) is 0 Å². The lowest BCUT2D eigenvalue weighted by molar-refractivity contribution is 0.453. The van der Waals surface area contributed by atoms with Gasteiger partial charge in [0.05, 0.1) is 0 Å². The number of hydrogen-bond donors (Lipinski definition) is 1. The zero-order valence-electron chi connectivity index (χ0n) is 11.1. The number of halogens is 1. The van der Waals surface area contributed by atoms with Crippen LogP contribution in [0.25, 0.3) is 0 Å². The van der Waals surface area contributed by atoms with Crippen molar-refractivity contribution in [1.29, 1.82) is 0 Å². The monoisotopic (exact) mass is 368 g/mol. The van der Waals surface area contributed by atoms with Gasteiger partial charge in [0.25, 0.3) is 0 Å². The maximum Gasteiger partial charge on any atom is 0.131 e. The molecule has 0 unspecified atom stereocenters. The molecule has 0 aliphatic carbocycles. The summed E-state index contributed by atoms with van der Waals surface area (Å²) in [7, 11) is 0. The standard InChI is InChI=1S/C16H17IO2/c1-11(2)14-9-13(7-8-15(14)18)19-16-6-4-3-5-12(16)10-17/h3-9,11,18H,10H2,1-2H3. The Labute approximate surface area is 127 Å². The van der Waals surface area contributed by atoms with E-state index in [9.17, 15) is 5.11 Å². The van der Waals surface area contributed by atoms with E-state index in [1.165, 1.54) is 5.56 Å². The topological polar surface area (TPSA) is 29.5 Å². The Bertz CT molecular complexity index is 564. The molecule has 0 saturated carbocycles. The van der Waals surface area contributed by atoms with Crippen LogP contribution in [0.2, 0.25) is 0 Å². The van der Waals surface area contributed by atoms with Gasteiger partial charge >= 0.3 is 0 Å². The minimum Gasteiger partial charge on any atom is -0.508 e. The highest BCUT2D eigenvalue weighted by Crippen LogP contribution is 2.33. The van der Waals surface area contributed by atoms with Gasteiger partial charge in [-0.05, 0) is 30.2 Å². The van der Waals surface area contributed by atoms with Crippen LogP contribution in [0.1, 0.15) is 30.9 Å². The molecule has 0 aliphatic heterocycles. The van der Waals surface area contributed by atoms with Crippen molar-refractivity contribution in [3.8, 4) is 17.2 Å². The SMILES string of the molecule is CC(C)c1cc(Oc2ccccc2CI)ccc1O. The first kappa shape index (κ1) is 14.2. The number of para-hydroxylation sites is 1. The lowest BCUT2D eigenvalue weighted by Gasteiger charge is -2.13. The van der Waals surface area contributed by atoms with Gasteiger partial charge in [-0.2, -0.15) is 0 Å². The van der Waals surface area contributed by atoms with Gasteiger partial charge in [-0.15, -0.1) is 0 Å².